The molecule has 5 aromatic rings. The van der Waals surface area contributed by atoms with E-state index in [0.717, 1.165) is 24.0 Å². The van der Waals surface area contributed by atoms with Crippen LogP contribution in [0, 0.1) is 5.82 Å². The quantitative estimate of drug-likeness (QED) is 0.244. The number of hydrogen-bond donors (Lipinski definition) is 2. The van der Waals surface area contributed by atoms with Crippen LogP contribution < -0.4 is 15.4 Å². The number of furan rings is 1. The number of hydrogen-bond acceptors (Lipinski definition) is 4. The molecule has 1 aliphatic carbocycles. The van der Waals surface area contributed by atoms with Gasteiger partial charge >= 0.3 is 0 Å². The Kier molecular flexibility index (Phi) is 6.34. The molecular formula is C33H27FN2O4. The van der Waals surface area contributed by atoms with Crippen molar-refractivity contribution in [2.45, 2.75) is 18.4 Å². The van der Waals surface area contributed by atoms with E-state index in [1.165, 1.54) is 12.1 Å². The summed E-state index contributed by atoms with van der Waals surface area (Å²) in [6.45, 7) is 0. The number of rotatable bonds is 7. The highest BCUT2D eigenvalue weighted by Gasteiger charge is 2.46. The number of benzene rings is 4. The Morgan fingerprint density at radius 2 is 1.60 bits per heavy atom. The predicted molar refractivity (Wildman–Crippen MR) is 152 cm³/mol. The van der Waals surface area contributed by atoms with E-state index in [9.17, 15) is 14.0 Å². The van der Waals surface area contributed by atoms with Crippen molar-refractivity contribution in [2.24, 2.45) is 0 Å². The van der Waals surface area contributed by atoms with Crippen LogP contribution in [0.1, 0.15) is 39.1 Å². The predicted octanol–water partition coefficient (Wildman–Crippen LogP) is 6.69. The van der Waals surface area contributed by atoms with E-state index >= 15 is 0 Å². The van der Waals surface area contributed by atoms with Gasteiger partial charge in [0, 0.05) is 23.6 Å². The zero-order chi connectivity index (χ0) is 27.9. The summed E-state index contributed by atoms with van der Waals surface area (Å²) in [5.74, 6) is -0.134. The molecular weight excluding hydrogens is 507 g/mol. The van der Waals surface area contributed by atoms with Crippen molar-refractivity contribution in [3.05, 3.63) is 114 Å². The second-order valence-electron chi connectivity index (χ2n) is 9.89. The number of fused-ring (bicyclic) bond motifs is 1. The van der Waals surface area contributed by atoms with Crippen molar-refractivity contribution in [2.75, 3.05) is 14.2 Å². The first-order valence-corrected chi connectivity index (χ1v) is 13.0. The third-order valence-electron chi connectivity index (χ3n) is 7.45. The summed E-state index contributed by atoms with van der Waals surface area (Å²) in [5, 5.41) is 6.50. The molecule has 40 heavy (non-hydrogen) atoms. The summed E-state index contributed by atoms with van der Waals surface area (Å²) < 4.78 is 25.4. The monoisotopic (exact) mass is 534 g/mol. The van der Waals surface area contributed by atoms with Crippen LogP contribution >= 0.6 is 0 Å². The fourth-order valence-corrected chi connectivity index (χ4v) is 5.24. The number of halogens is 1. The van der Waals surface area contributed by atoms with Gasteiger partial charge in [0.15, 0.2) is 0 Å². The maximum absolute atomic E-state index is 13.6. The summed E-state index contributed by atoms with van der Waals surface area (Å²) in [4.78, 5) is 26.5. The van der Waals surface area contributed by atoms with Gasteiger partial charge in [0.1, 0.15) is 22.9 Å². The molecule has 1 saturated carbocycles. The number of nitrogens with one attached hydrogen (secondary N) is 2. The minimum absolute atomic E-state index is 0.214. The van der Waals surface area contributed by atoms with Crippen LogP contribution in [0.4, 0.5) is 4.39 Å². The van der Waals surface area contributed by atoms with Crippen molar-refractivity contribution in [3.8, 4) is 28.2 Å². The van der Waals surface area contributed by atoms with E-state index < -0.39 is 0 Å². The van der Waals surface area contributed by atoms with Crippen molar-refractivity contribution in [3.63, 3.8) is 0 Å². The first-order chi connectivity index (χ1) is 19.4. The summed E-state index contributed by atoms with van der Waals surface area (Å²) in [5.41, 5.74) is 4.03. The molecule has 6 rings (SSSR count). The zero-order valence-electron chi connectivity index (χ0n) is 22.1. The average molecular weight is 535 g/mol. The number of para-hydroxylation sites is 1. The van der Waals surface area contributed by atoms with Gasteiger partial charge in [-0.3, -0.25) is 9.59 Å². The molecule has 0 atom stereocenters. The van der Waals surface area contributed by atoms with E-state index in [2.05, 4.69) is 10.6 Å². The molecule has 7 heteroatoms. The second kappa shape index (κ2) is 10.0. The Labute approximate surface area is 230 Å². The maximum atomic E-state index is 13.6. The standard InChI is InChI=1S/C33H27FN2O4/c1-35-32(38)28-26-19-21(13-16-27(26)40-29(28)20-11-14-23(34)15-12-20)24-9-6-10-25(30(24)39-2)31(37)36-33(17-18-33)22-7-4-3-5-8-22/h3-16,19H,17-18H2,1-2H3,(H,35,38)(H,36,37). The number of carbonyl (C=O) groups is 2. The molecule has 0 aliphatic heterocycles. The molecule has 2 N–H and O–H groups in total. The molecule has 6 nitrogen and oxygen atoms in total. The SMILES string of the molecule is CNC(=O)c1c(-c2ccc(F)cc2)oc2ccc(-c3cccc(C(=O)NC4(c5ccccc5)CC4)c3OC)cc12. The van der Waals surface area contributed by atoms with Crippen molar-refractivity contribution < 1.29 is 23.1 Å². The summed E-state index contributed by atoms with van der Waals surface area (Å²) >= 11 is 0. The van der Waals surface area contributed by atoms with E-state index in [1.807, 2.05) is 54.6 Å². The van der Waals surface area contributed by atoms with Crippen LogP contribution in [0.5, 0.6) is 5.75 Å². The van der Waals surface area contributed by atoms with Gasteiger partial charge in [-0.05, 0) is 66.4 Å². The summed E-state index contributed by atoms with van der Waals surface area (Å²) in [7, 11) is 3.09. The number of ether oxygens (including phenoxy) is 1. The van der Waals surface area contributed by atoms with Crippen LogP contribution in [-0.4, -0.2) is 26.0 Å². The summed E-state index contributed by atoms with van der Waals surface area (Å²) in [6, 6.07) is 26.7. The molecule has 1 aliphatic rings. The molecule has 4 aromatic carbocycles. The number of carbonyl (C=O) groups excluding carboxylic acids is 2. The molecule has 0 radical (unpaired) electrons. The van der Waals surface area contributed by atoms with Gasteiger partial charge in [0.25, 0.3) is 11.8 Å². The lowest BCUT2D eigenvalue weighted by molar-refractivity contribution is 0.0926. The van der Waals surface area contributed by atoms with Crippen LogP contribution in [0.15, 0.2) is 95.4 Å². The summed E-state index contributed by atoms with van der Waals surface area (Å²) in [6.07, 6.45) is 1.75. The minimum Gasteiger partial charge on any atom is -0.495 e. The van der Waals surface area contributed by atoms with Gasteiger partial charge in [-0.1, -0.05) is 48.5 Å². The Balaban J connectivity index is 1.42. The fraction of sp³-hybridized carbons (Fsp3) is 0.152. The molecule has 1 fully saturated rings. The highest BCUT2D eigenvalue weighted by atomic mass is 19.1. The maximum Gasteiger partial charge on any atom is 0.255 e. The molecule has 0 bridgehead atoms. The number of amides is 2. The molecule has 200 valence electrons. The van der Waals surface area contributed by atoms with E-state index in [0.29, 0.717) is 44.7 Å². The molecule has 1 heterocycles. The van der Waals surface area contributed by atoms with Crippen molar-refractivity contribution in [1.29, 1.82) is 0 Å². The number of methoxy groups -OCH3 is 1. The van der Waals surface area contributed by atoms with Crippen LogP contribution in [-0.2, 0) is 5.54 Å². The lowest BCUT2D eigenvalue weighted by Gasteiger charge is -2.20. The van der Waals surface area contributed by atoms with Gasteiger partial charge in [-0.15, -0.1) is 0 Å². The van der Waals surface area contributed by atoms with Gasteiger partial charge in [0.2, 0.25) is 0 Å². The minimum atomic E-state index is -0.379. The third-order valence-corrected chi connectivity index (χ3v) is 7.45. The van der Waals surface area contributed by atoms with E-state index in [-0.39, 0.29) is 23.2 Å². The molecule has 2 amide bonds. The molecule has 0 spiro atoms. The highest BCUT2D eigenvalue weighted by molar-refractivity contribution is 6.12. The zero-order valence-corrected chi connectivity index (χ0v) is 22.1. The topological polar surface area (TPSA) is 80.6 Å². The normalized spacial score (nSPS) is 13.6. The third kappa shape index (κ3) is 4.39. The Bertz CT molecular complexity index is 1740. The smallest absolute Gasteiger partial charge is 0.255 e. The Morgan fingerprint density at radius 3 is 2.27 bits per heavy atom. The van der Waals surface area contributed by atoms with Gasteiger partial charge in [0.05, 0.1) is 23.8 Å². The molecule has 1 aromatic heterocycles. The van der Waals surface area contributed by atoms with E-state index in [1.54, 1.807) is 38.4 Å². The van der Waals surface area contributed by atoms with E-state index in [4.69, 9.17) is 9.15 Å². The largest absolute Gasteiger partial charge is 0.495 e. The Hall–Kier alpha value is -4.91. The molecule has 0 unspecified atom stereocenters. The Morgan fingerprint density at radius 1 is 0.875 bits per heavy atom. The molecule has 0 saturated heterocycles. The lowest BCUT2D eigenvalue weighted by atomic mass is 9.97. The van der Waals surface area contributed by atoms with Gasteiger partial charge in [-0.25, -0.2) is 4.39 Å². The van der Waals surface area contributed by atoms with Crippen LogP contribution in [0.2, 0.25) is 0 Å². The van der Waals surface area contributed by atoms with Gasteiger partial charge in [-0.2, -0.15) is 0 Å². The van der Waals surface area contributed by atoms with Crippen molar-refractivity contribution in [1.82, 2.24) is 10.6 Å². The van der Waals surface area contributed by atoms with Gasteiger partial charge < -0.3 is 19.8 Å². The second-order valence-corrected chi connectivity index (χ2v) is 9.89. The van der Waals surface area contributed by atoms with Crippen LogP contribution in [0.3, 0.4) is 0 Å². The fourth-order valence-electron chi connectivity index (χ4n) is 5.24. The average Bonchev–Trinajstić information content (AvgIpc) is 3.68. The first kappa shape index (κ1) is 25.4. The highest BCUT2D eigenvalue weighted by Crippen LogP contribution is 2.46. The van der Waals surface area contributed by atoms with Crippen LogP contribution in [0.25, 0.3) is 33.4 Å². The first-order valence-electron chi connectivity index (χ1n) is 13.0. The van der Waals surface area contributed by atoms with Crippen molar-refractivity contribution >= 4 is 22.8 Å². The lowest BCUT2D eigenvalue weighted by Crippen LogP contribution is -2.35.